The highest BCUT2D eigenvalue weighted by molar-refractivity contribution is 5.97. The van der Waals surface area contributed by atoms with Crippen LogP contribution >= 0.6 is 0 Å². The molecule has 0 aliphatic carbocycles. The monoisotopic (exact) mass is 362 g/mol. The van der Waals surface area contributed by atoms with E-state index in [1.54, 1.807) is 7.11 Å². The number of nitrogens with one attached hydrogen (secondary N) is 1. The number of hydrogen-bond acceptors (Lipinski definition) is 4. The maximum atomic E-state index is 12.4. The number of anilines is 1. The number of ether oxygens (including phenoxy) is 2. The van der Waals surface area contributed by atoms with E-state index in [4.69, 9.17) is 9.47 Å². The number of likely N-dealkylation sites (tertiary alicyclic amines) is 1. The molecule has 1 aliphatic rings. The van der Waals surface area contributed by atoms with Crippen molar-refractivity contribution in [3.05, 3.63) is 24.3 Å². The second-order valence-corrected chi connectivity index (χ2v) is 7.56. The van der Waals surface area contributed by atoms with E-state index in [1.165, 1.54) is 25.9 Å². The van der Waals surface area contributed by atoms with Crippen LogP contribution in [0.2, 0.25) is 0 Å². The number of piperidine rings is 1. The van der Waals surface area contributed by atoms with Crippen LogP contribution in [0.4, 0.5) is 5.69 Å². The van der Waals surface area contributed by atoms with Crippen LogP contribution in [0.1, 0.15) is 46.5 Å². The minimum absolute atomic E-state index is 0.116. The molecule has 1 aliphatic heterocycles. The van der Waals surface area contributed by atoms with Crippen LogP contribution in [0.5, 0.6) is 5.75 Å². The average molecular weight is 363 g/mol. The first kappa shape index (κ1) is 20.7. The lowest BCUT2D eigenvalue weighted by Crippen LogP contribution is -2.41. The van der Waals surface area contributed by atoms with Crippen molar-refractivity contribution >= 4 is 11.6 Å². The first-order chi connectivity index (χ1) is 12.5. The molecule has 1 amide bonds. The fraction of sp³-hybridized carbons (Fsp3) is 0.667. The third kappa shape index (κ3) is 5.99. The summed E-state index contributed by atoms with van der Waals surface area (Å²) in [5.41, 5.74) is -0.0400. The van der Waals surface area contributed by atoms with Crippen LogP contribution in [-0.4, -0.2) is 49.8 Å². The molecule has 1 fully saturated rings. The zero-order valence-electron chi connectivity index (χ0n) is 16.7. The summed E-state index contributed by atoms with van der Waals surface area (Å²) >= 11 is 0. The van der Waals surface area contributed by atoms with Crippen molar-refractivity contribution in [1.29, 1.82) is 0 Å². The maximum absolute atomic E-state index is 12.4. The van der Waals surface area contributed by atoms with Crippen molar-refractivity contribution in [2.75, 3.05) is 38.7 Å². The number of rotatable bonds is 9. The van der Waals surface area contributed by atoms with E-state index >= 15 is 0 Å². The predicted molar refractivity (Wildman–Crippen MR) is 106 cm³/mol. The molecular formula is C21H34N2O3. The smallest absolute Gasteiger partial charge is 0.256 e. The number of amides is 1. The summed E-state index contributed by atoms with van der Waals surface area (Å²) in [6.07, 6.45) is 4.20. The van der Waals surface area contributed by atoms with E-state index in [0.717, 1.165) is 30.3 Å². The minimum Gasteiger partial charge on any atom is -0.492 e. The van der Waals surface area contributed by atoms with Gasteiger partial charge in [-0.3, -0.25) is 9.69 Å². The van der Waals surface area contributed by atoms with E-state index in [1.807, 2.05) is 38.1 Å². The van der Waals surface area contributed by atoms with Gasteiger partial charge in [0.15, 0.2) is 0 Å². The SMILES string of the molecule is CCC[C@](C)(OC)C(=O)Nc1ccc(OCCN2CCC[C@H](C)C2)cc1. The topological polar surface area (TPSA) is 50.8 Å². The van der Waals surface area contributed by atoms with Gasteiger partial charge in [0.1, 0.15) is 18.0 Å². The molecule has 0 saturated carbocycles. The Labute approximate surface area is 158 Å². The summed E-state index contributed by atoms with van der Waals surface area (Å²) in [6.45, 7) is 10.2. The highest BCUT2D eigenvalue weighted by atomic mass is 16.5. The Morgan fingerprint density at radius 2 is 2.08 bits per heavy atom. The van der Waals surface area contributed by atoms with Gasteiger partial charge in [-0.05, 0) is 62.9 Å². The summed E-state index contributed by atoms with van der Waals surface area (Å²) in [4.78, 5) is 14.9. The summed E-state index contributed by atoms with van der Waals surface area (Å²) in [7, 11) is 1.58. The fourth-order valence-corrected chi connectivity index (χ4v) is 3.47. The highest BCUT2D eigenvalue weighted by Crippen LogP contribution is 2.21. The van der Waals surface area contributed by atoms with Gasteiger partial charge in [-0.15, -0.1) is 0 Å². The molecule has 26 heavy (non-hydrogen) atoms. The van der Waals surface area contributed by atoms with Gasteiger partial charge in [0.25, 0.3) is 5.91 Å². The van der Waals surface area contributed by atoms with Crippen LogP contribution < -0.4 is 10.1 Å². The molecule has 1 N–H and O–H groups in total. The molecule has 0 unspecified atom stereocenters. The van der Waals surface area contributed by atoms with Crippen LogP contribution in [0.15, 0.2) is 24.3 Å². The molecule has 1 aromatic rings. The predicted octanol–water partition coefficient (Wildman–Crippen LogP) is 3.94. The Morgan fingerprint density at radius 3 is 2.69 bits per heavy atom. The second-order valence-electron chi connectivity index (χ2n) is 7.56. The molecule has 0 bridgehead atoms. The number of hydrogen-bond donors (Lipinski definition) is 1. The normalized spacial score (nSPS) is 20.4. The van der Waals surface area contributed by atoms with Crippen molar-refractivity contribution < 1.29 is 14.3 Å². The maximum Gasteiger partial charge on any atom is 0.256 e. The van der Waals surface area contributed by atoms with Gasteiger partial charge >= 0.3 is 0 Å². The molecule has 2 rings (SSSR count). The van der Waals surface area contributed by atoms with Crippen molar-refractivity contribution in [1.82, 2.24) is 4.90 Å². The number of methoxy groups -OCH3 is 1. The Balaban J connectivity index is 1.79. The van der Waals surface area contributed by atoms with Crippen molar-refractivity contribution in [2.24, 2.45) is 5.92 Å². The number of benzene rings is 1. The Morgan fingerprint density at radius 1 is 1.35 bits per heavy atom. The van der Waals surface area contributed by atoms with Gasteiger partial charge in [0.05, 0.1) is 0 Å². The molecule has 1 saturated heterocycles. The van der Waals surface area contributed by atoms with Gasteiger partial charge in [0.2, 0.25) is 0 Å². The summed E-state index contributed by atoms with van der Waals surface area (Å²) in [6, 6.07) is 7.55. The highest BCUT2D eigenvalue weighted by Gasteiger charge is 2.32. The molecular weight excluding hydrogens is 328 g/mol. The molecule has 0 aromatic heterocycles. The summed E-state index contributed by atoms with van der Waals surface area (Å²) < 4.78 is 11.3. The Bertz CT molecular complexity index is 561. The van der Waals surface area contributed by atoms with E-state index in [2.05, 4.69) is 17.1 Å². The minimum atomic E-state index is -0.796. The lowest BCUT2D eigenvalue weighted by atomic mass is 9.99. The van der Waals surface area contributed by atoms with Gasteiger partial charge in [0, 0.05) is 25.9 Å². The van der Waals surface area contributed by atoms with Crippen LogP contribution in [-0.2, 0) is 9.53 Å². The number of carbonyl (C=O) groups is 1. The van der Waals surface area contributed by atoms with Crippen molar-refractivity contribution in [2.45, 2.75) is 52.1 Å². The molecule has 5 heteroatoms. The van der Waals surface area contributed by atoms with Crippen LogP contribution in [0.25, 0.3) is 0 Å². The third-order valence-electron chi connectivity index (χ3n) is 5.19. The van der Waals surface area contributed by atoms with E-state index < -0.39 is 5.60 Å². The first-order valence-corrected chi connectivity index (χ1v) is 9.78. The zero-order valence-corrected chi connectivity index (χ0v) is 16.7. The molecule has 5 nitrogen and oxygen atoms in total. The van der Waals surface area contributed by atoms with Gasteiger partial charge in [-0.1, -0.05) is 20.3 Å². The van der Waals surface area contributed by atoms with Crippen LogP contribution in [0, 0.1) is 5.92 Å². The van der Waals surface area contributed by atoms with Gasteiger partial charge in [-0.25, -0.2) is 0 Å². The molecule has 0 spiro atoms. The van der Waals surface area contributed by atoms with Gasteiger partial charge in [-0.2, -0.15) is 0 Å². The van der Waals surface area contributed by atoms with Crippen molar-refractivity contribution in [3.63, 3.8) is 0 Å². The Hall–Kier alpha value is -1.59. The first-order valence-electron chi connectivity index (χ1n) is 9.78. The molecule has 2 atom stereocenters. The average Bonchev–Trinajstić information content (AvgIpc) is 2.63. The molecule has 1 aromatic carbocycles. The van der Waals surface area contributed by atoms with E-state index in [0.29, 0.717) is 13.0 Å². The van der Waals surface area contributed by atoms with E-state index in [9.17, 15) is 4.79 Å². The molecule has 1 heterocycles. The third-order valence-corrected chi connectivity index (χ3v) is 5.19. The number of carbonyl (C=O) groups excluding carboxylic acids is 1. The second kappa shape index (κ2) is 9.93. The molecule has 0 radical (unpaired) electrons. The van der Waals surface area contributed by atoms with Gasteiger partial charge < -0.3 is 14.8 Å². The van der Waals surface area contributed by atoms with Crippen molar-refractivity contribution in [3.8, 4) is 5.75 Å². The lowest BCUT2D eigenvalue weighted by molar-refractivity contribution is -0.136. The summed E-state index contributed by atoms with van der Waals surface area (Å²) in [5.74, 6) is 1.50. The molecule has 146 valence electrons. The lowest BCUT2D eigenvalue weighted by Gasteiger charge is -2.30. The van der Waals surface area contributed by atoms with E-state index in [-0.39, 0.29) is 5.91 Å². The summed E-state index contributed by atoms with van der Waals surface area (Å²) in [5, 5.41) is 2.93. The fourth-order valence-electron chi connectivity index (χ4n) is 3.47. The largest absolute Gasteiger partial charge is 0.492 e. The standard InChI is InChI=1S/C21H34N2O3/c1-5-12-21(3,25-4)20(24)22-18-8-10-19(11-9-18)26-15-14-23-13-6-7-17(2)16-23/h8-11,17H,5-7,12-16H2,1-4H3,(H,22,24)/t17-,21-/m0/s1. The van der Waals surface area contributed by atoms with Crippen LogP contribution in [0.3, 0.4) is 0 Å². The number of nitrogens with zero attached hydrogens (tertiary/aromatic N) is 1. The zero-order chi connectivity index (χ0) is 19.0. The Kier molecular flexibility index (Phi) is 7.91. The quantitative estimate of drug-likeness (QED) is 0.723.